The average molecular weight is 308 g/mol. The van der Waals surface area contributed by atoms with Crippen molar-refractivity contribution in [1.29, 1.82) is 0 Å². The highest BCUT2D eigenvalue weighted by molar-refractivity contribution is 9.10. The molecular formula is C13H14BrN3O. The minimum atomic E-state index is -0.174. The Morgan fingerprint density at radius 1 is 1.39 bits per heavy atom. The molecule has 0 atom stereocenters. The van der Waals surface area contributed by atoms with E-state index in [2.05, 4.69) is 25.9 Å². The van der Waals surface area contributed by atoms with E-state index in [4.69, 9.17) is 5.73 Å². The number of benzene rings is 1. The molecule has 1 heterocycles. The lowest BCUT2D eigenvalue weighted by molar-refractivity contribution is 0.837. The van der Waals surface area contributed by atoms with Crippen LogP contribution in [-0.2, 0) is 0 Å². The summed E-state index contributed by atoms with van der Waals surface area (Å²) in [5.74, 6) is 0.838. The molecule has 2 rings (SSSR count). The second kappa shape index (κ2) is 4.94. The molecule has 4 nitrogen and oxygen atoms in total. The van der Waals surface area contributed by atoms with Crippen LogP contribution >= 0.6 is 15.9 Å². The lowest BCUT2D eigenvalue weighted by atomic mass is 10.1. The van der Waals surface area contributed by atoms with Crippen molar-refractivity contribution in [3.05, 3.63) is 44.7 Å². The summed E-state index contributed by atoms with van der Waals surface area (Å²) < 4.78 is 0.925. The lowest BCUT2D eigenvalue weighted by Crippen LogP contribution is -2.19. The van der Waals surface area contributed by atoms with Crippen LogP contribution in [0.15, 0.2) is 33.5 Å². The van der Waals surface area contributed by atoms with Gasteiger partial charge in [0.1, 0.15) is 11.6 Å². The van der Waals surface area contributed by atoms with Crippen molar-refractivity contribution in [3.8, 4) is 11.4 Å². The Balaban J connectivity index is 2.59. The third-order valence-corrected chi connectivity index (χ3v) is 3.15. The summed E-state index contributed by atoms with van der Waals surface area (Å²) in [4.78, 5) is 19.0. The van der Waals surface area contributed by atoms with Crippen LogP contribution in [0.3, 0.4) is 0 Å². The van der Waals surface area contributed by atoms with Gasteiger partial charge in [-0.2, -0.15) is 0 Å². The SMILES string of the molecule is CC(C)c1c(N)nc(-c2cccc(Br)c2)[nH]c1=O. The molecule has 0 aliphatic carbocycles. The van der Waals surface area contributed by atoms with Crippen LogP contribution in [-0.4, -0.2) is 9.97 Å². The Bertz CT molecular complexity index is 634. The van der Waals surface area contributed by atoms with Crippen LogP contribution in [0.1, 0.15) is 25.3 Å². The van der Waals surface area contributed by atoms with Gasteiger partial charge in [-0.05, 0) is 18.1 Å². The van der Waals surface area contributed by atoms with Gasteiger partial charge in [-0.1, -0.05) is 41.9 Å². The number of nitrogens with one attached hydrogen (secondary N) is 1. The zero-order valence-electron chi connectivity index (χ0n) is 10.2. The third-order valence-electron chi connectivity index (χ3n) is 2.66. The van der Waals surface area contributed by atoms with Crippen LogP contribution in [0.4, 0.5) is 5.82 Å². The van der Waals surface area contributed by atoms with Gasteiger partial charge in [0.25, 0.3) is 5.56 Å². The minimum Gasteiger partial charge on any atom is -0.383 e. The van der Waals surface area contributed by atoms with Crippen molar-refractivity contribution >= 4 is 21.7 Å². The summed E-state index contributed by atoms with van der Waals surface area (Å²) in [5, 5.41) is 0. The standard InChI is InChI=1S/C13H14BrN3O/c1-7(2)10-11(15)16-12(17-13(10)18)8-4-3-5-9(14)6-8/h3-7H,1-2H3,(H3,15,16,17,18). The smallest absolute Gasteiger partial charge is 0.256 e. The van der Waals surface area contributed by atoms with Crippen LogP contribution in [0.25, 0.3) is 11.4 Å². The van der Waals surface area contributed by atoms with E-state index in [1.165, 1.54) is 0 Å². The number of rotatable bonds is 2. The van der Waals surface area contributed by atoms with E-state index in [0.717, 1.165) is 10.0 Å². The highest BCUT2D eigenvalue weighted by atomic mass is 79.9. The summed E-state index contributed by atoms with van der Waals surface area (Å²) in [6.07, 6.45) is 0. The van der Waals surface area contributed by atoms with Gasteiger partial charge < -0.3 is 10.7 Å². The number of aromatic nitrogens is 2. The molecule has 0 unspecified atom stereocenters. The van der Waals surface area contributed by atoms with Crippen LogP contribution in [0.2, 0.25) is 0 Å². The first-order chi connectivity index (χ1) is 8.49. The summed E-state index contributed by atoms with van der Waals surface area (Å²) in [7, 11) is 0. The van der Waals surface area contributed by atoms with Crippen molar-refractivity contribution in [2.45, 2.75) is 19.8 Å². The van der Waals surface area contributed by atoms with Crippen molar-refractivity contribution in [2.75, 3.05) is 5.73 Å². The maximum absolute atomic E-state index is 12.0. The van der Waals surface area contributed by atoms with E-state index >= 15 is 0 Å². The molecule has 0 radical (unpaired) electrons. The predicted octanol–water partition coefficient (Wildman–Crippen LogP) is 2.91. The molecule has 18 heavy (non-hydrogen) atoms. The van der Waals surface area contributed by atoms with Gasteiger partial charge in [0.15, 0.2) is 0 Å². The Kier molecular flexibility index (Phi) is 3.52. The largest absolute Gasteiger partial charge is 0.383 e. The average Bonchev–Trinajstić information content (AvgIpc) is 2.27. The molecule has 94 valence electrons. The number of nitrogens with two attached hydrogens (primary N) is 1. The number of nitrogens with zero attached hydrogens (tertiary/aromatic N) is 1. The summed E-state index contributed by atoms with van der Waals surface area (Å²) in [6.45, 7) is 3.84. The van der Waals surface area contributed by atoms with E-state index in [0.29, 0.717) is 17.2 Å². The number of aromatic amines is 1. The Morgan fingerprint density at radius 2 is 2.11 bits per heavy atom. The summed E-state index contributed by atoms with van der Waals surface area (Å²) in [6, 6.07) is 7.55. The van der Waals surface area contributed by atoms with E-state index < -0.39 is 0 Å². The van der Waals surface area contributed by atoms with Gasteiger partial charge in [-0.15, -0.1) is 0 Å². The van der Waals surface area contributed by atoms with Gasteiger partial charge in [0.2, 0.25) is 0 Å². The molecule has 1 aromatic carbocycles. The highest BCUT2D eigenvalue weighted by Crippen LogP contribution is 2.22. The zero-order valence-corrected chi connectivity index (χ0v) is 11.8. The molecule has 0 bridgehead atoms. The highest BCUT2D eigenvalue weighted by Gasteiger charge is 2.13. The second-order valence-corrected chi connectivity index (χ2v) is 5.29. The molecular weight excluding hydrogens is 294 g/mol. The summed E-state index contributed by atoms with van der Waals surface area (Å²) in [5.41, 5.74) is 7.04. The maximum atomic E-state index is 12.0. The second-order valence-electron chi connectivity index (χ2n) is 4.38. The predicted molar refractivity (Wildman–Crippen MR) is 76.5 cm³/mol. The fraction of sp³-hybridized carbons (Fsp3) is 0.231. The van der Waals surface area contributed by atoms with Crippen molar-refractivity contribution in [2.24, 2.45) is 0 Å². The van der Waals surface area contributed by atoms with Gasteiger partial charge in [-0.25, -0.2) is 4.98 Å². The van der Waals surface area contributed by atoms with Crippen molar-refractivity contribution in [3.63, 3.8) is 0 Å². The number of anilines is 1. The number of halogens is 1. The van der Waals surface area contributed by atoms with E-state index in [1.807, 2.05) is 38.1 Å². The van der Waals surface area contributed by atoms with Crippen LogP contribution < -0.4 is 11.3 Å². The Labute approximate surface area is 113 Å². The first kappa shape index (κ1) is 12.8. The quantitative estimate of drug-likeness (QED) is 0.896. The molecule has 0 aliphatic heterocycles. The summed E-state index contributed by atoms with van der Waals surface area (Å²) >= 11 is 3.38. The Hall–Kier alpha value is -1.62. The number of hydrogen-bond acceptors (Lipinski definition) is 3. The molecule has 0 fully saturated rings. The maximum Gasteiger partial charge on any atom is 0.256 e. The van der Waals surface area contributed by atoms with Crippen LogP contribution in [0, 0.1) is 0 Å². The molecule has 0 saturated carbocycles. The molecule has 0 aliphatic rings. The van der Waals surface area contributed by atoms with Gasteiger partial charge in [-0.3, -0.25) is 4.79 Å². The van der Waals surface area contributed by atoms with E-state index in [-0.39, 0.29) is 11.5 Å². The Morgan fingerprint density at radius 3 is 2.67 bits per heavy atom. The number of hydrogen-bond donors (Lipinski definition) is 2. The molecule has 0 saturated heterocycles. The molecule has 0 amide bonds. The molecule has 2 aromatic rings. The van der Waals surface area contributed by atoms with Gasteiger partial charge in [0.05, 0.1) is 5.56 Å². The molecule has 1 aromatic heterocycles. The van der Waals surface area contributed by atoms with E-state index in [9.17, 15) is 4.79 Å². The fourth-order valence-electron chi connectivity index (χ4n) is 1.83. The molecule has 0 spiro atoms. The topological polar surface area (TPSA) is 71.8 Å². The minimum absolute atomic E-state index is 0.0535. The first-order valence-electron chi connectivity index (χ1n) is 5.64. The van der Waals surface area contributed by atoms with Gasteiger partial charge in [0, 0.05) is 10.0 Å². The first-order valence-corrected chi connectivity index (χ1v) is 6.44. The number of nitrogen functional groups attached to an aromatic ring is 1. The lowest BCUT2D eigenvalue weighted by Gasteiger charge is -2.09. The van der Waals surface area contributed by atoms with E-state index in [1.54, 1.807) is 0 Å². The normalized spacial score (nSPS) is 10.9. The molecule has 5 heteroatoms. The molecule has 3 N–H and O–H groups in total. The van der Waals surface area contributed by atoms with Crippen LogP contribution in [0.5, 0.6) is 0 Å². The monoisotopic (exact) mass is 307 g/mol. The third kappa shape index (κ3) is 2.46. The number of H-pyrrole nitrogens is 1. The zero-order chi connectivity index (χ0) is 13.3. The van der Waals surface area contributed by atoms with Gasteiger partial charge >= 0.3 is 0 Å². The fourth-order valence-corrected chi connectivity index (χ4v) is 2.23. The van der Waals surface area contributed by atoms with Crippen molar-refractivity contribution in [1.82, 2.24) is 9.97 Å². The van der Waals surface area contributed by atoms with Crippen molar-refractivity contribution < 1.29 is 0 Å².